The maximum absolute atomic E-state index is 12.7. The SMILES string of the molecule is COc1ccc(C(NC(=O)c2cccc([N+](=O)[O-])c2Br)C2CC2)cc1. The first-order valence-corrected chi connectivity index (χ1v) is 8.68. The lowest BCUT2D eigenvalue weighted by atomic mass is 10.0. The highest BCUT2D eigenvalue weighted by Crippen LogP contribution is 2.41. The van der Waals surface area contributed by atoms with E-state index in [1.807, 2.05) is 24.3 Å². The summed E-state index contributed by atoms with van der Waals surface area (Å²) in [5.41, 5.74) is 1.13. The standard InChI is InChI=1S/C18H17BrN2O4/c1-25-13-9-7-12(8-10-13)17(11-5-6-11)20-18(22)14-3-2-4-15(16(14)19)21(23)24/h2-4,7-11,17H,5-6H2,1H3,(H,20,22). The van der Waals surface area contributed by atoms with Gasteiger partial charge in [-0.15, -0.1) is 0 Å². The van der Waals surface area contributed by atoms with Crippen molar-refractivity contribution in [2.45, 2.75) is 18.9 Å². The van der Waals surface area contributed by atoms with Gasteiger partial charge in [0.05, 0.1) is 23.6 Å². The third-order valence-electron chi connectivity index (χ3n) is 4.27. The van der Waals surface area contributed by atoms with E-state index in [1.165, 1.54) is 12.1 Å². The fourth-order valence-corrected chi connectivity index (χ4v) is 3.36. The molecule has 0 spiro atoms. The van der Waals surface area contributed by atoms with Crippen molar-refractivity contribution >= 4 is 27.5 Å². The molecule has 0 aliphatic heterocycles. The van der Waals surface area contributed by atoms with Crippen LogP contribution in [0.4, 0.5) is 5.69 Å². The molecule has 0 saturated heterocycles. The van der Waals surface area contributed by atoms with E-state index in [4.69, 9.17) is 4.74 Å². The van der Waals surface area contributed by atoms with Gasteiger partial charge in [-0.2, -0.15) is 0 Å². The van der Waals surface area contributed by atoms with Crippen molar-refractivity contribution in [3.63, 3.8) is 0 Å². The molecule has 3 rings (SSSR count). The summed E-state index contributed by atoms with van der Waals surface area (Å²) >= 11 is 3.18. The van der Waals surface area contributed by atoms with Crippen LogP contribution < -0.4 is 10.1 Å². The molecule has 1 fully saturated rings. The summed E-state index contributed by atoms with van der Waals surface area (Å²) in [5.74, 6) is 0.809. The highest BCUT2D eigenvalue weighted by molar-refractivity contribution is 9.10. The van der Waals surface area contributed by atoms with Gasteiger partial charge < -0.3 is 10.1 Å². The molecule has 2 aromatic carbocycles. The van der Waals surface area contributed by atoms with Gasteiger partial charge in [0.25, 0.3) is 11.6 Å². The first kappa shape index (κ1) is 17.4. The lowest BCUT2D eigenvalue weighted by Crippen LogP contribution is -2.30. The van der Waals surface area contributed by atoms with E-state index in [0.717, 1.165) is 24.2 Å². The minimum absolute atomic E-state index is 0.121. The number of methoxy groups -OCH3 is 1. The summed E-state index contributed by atoms with van der Waals surface area (Å²) < 4.78 is 5.37. The molecule has 130 valence electrons. The number of rotatable bonds is 6. The molecule has 0 heterocycles. The van der Waals surface area contributed by atoms with Gasteiger partial charge >= 0.3 is 0 Å². The average molecular weight is 405 g/mol. The lowest BCUT2D eigenvalue weighted by Gasteiger charge is -2.19. The van der Waals surface area contributed by atoms with Crippen molar-refractivity contribution in [1.29, 1.82) is 0 Å². The molecular formula is C18H17BrN2O4. The quantitative estimate of drug-likeness (QED) is 0.576. The van der Waals surface area contributed by atoms with Gasteiger partial charge in [0.15, 0.2) is 0 Å². The summed E-state index contributed by atoms with van der Waals surface area (Å²) in [6.45, 7) is 0. The number of benzene rings is 2. The molecule has 0 aromatic heterocycles. The molecule has 7 heteroatoms. The van der Waals surface area contributed by atoms with Crippen LogP contribution in [0.2, 0.25) is 0 Å². The molecule has 2 aromatic rings. The Morgan fingerprint density at radius 1 is 1.28 bits per heavy atom. The number of hydrogen-bond donors (Lipinski definition) is 1. The Hall–Kier alpha value is -2.41. The molecule has 1 atom stereocenters. The van der Waals surface area contributed by atoms with E-state index in [0.29, 0.717) is 5.92 Å². The Bertz CT molecular complexity index is 803. The van der Waals surface area contributed by atoms with Crippen molar-refractivity contribution in [3.05, 3.63) is 68.2 Å². The van der Waals surface area contributed by atoms with Gasteiger partial charge in [0.2, 0.25) is 0 Å². The number of carbonyl (C=O) groups is 1. The molecule has 6 nitrogen and oxygen atoms in total. The van der Waals surface area contributed by atoms with Crippen LogP contribution >= 0.6 is 15.9 Å². The fraction of sp³-hybridized carbons (Fsp3) is 0.278. The zero-order valence-electron chi connectivity index (χ0n) is 13.6. The van der Waals surface area contributed by atoms with E-state index in [2.05, 4.69) is 21.2 Å². The monoisotopic (exact) mass is 404 g/mol. The molecular weight excluding hydrogens is 388 g/mol. The minimum Gasteiger partial charge on any atom is -0.497 e. The van der Waals surface area contributed by atoms with Crippen molar-refractivity contribution < 1.29 is 14.5 Å². The number of nitro benzene ring substituents is 1. The molecule has 1 N–H and O–H groups in total. The van der Waals surface area contributed by atoms with Gasteiger partial charge in [-0.25, -0.2) is 0 Å². The van der Waals surface area contributed by atoms with Crippen LogP contribution in [0.25, 0.3) is 0 Å². The van der Waals surface area contributed by atoms with Crippen LogP contribution in [0.15, 0.2) is 46.9 Å². The number of carbonyl (C=O) groups excluding carboxylic acids is 1. The van der Waals surface area contributed by atoms with E-state index < -0.39 is 4.92 Å². The van der Waals surface area contributed by atoms with Crippen LogP contribution in [0.5, 0.6) is 5.75 Å². The van der Waals surface area contributed by atoms with Crippen molar-refractivity contribution in [2.24, 2.45) is 5.92 Å². The molecule has 0 bridgehead atoms. The Kier molecular flexibility index (Phi) is 5.03. The first-order chi connectivity index (χ1) is 12.0. The summed E-state index contributed by atoms with van der Waals surface area (Å²) in [4.78, 5) is 23.2. The summed E-state index contributed by atoms with van der Waals surface area (Å²) in [6.07, 6.45) is 2.10. The molecule has 0 radical (unpaired) electrons. The number of nitrogens with zero attached hydrogens (tertiary/aromatic N) is 1. The zero-order chi connectivity index (χ0) is 18.0. The largest absolute Gasteiger partial charge is 0.497 e. The number of ether oxygens (including phenoxy) is 1. The van der Waals surface area contributed by atoms with Crippen molar-refractivity contribution in [1.82, 2.24) is 5.32 Å². The summed E-state index contributed by atoms with van der Waals surface area (Å²) in [5, 5.41) is 14.1. The third kappa shape index (κ3) is 3.82. The van der Waals surface area contributed by atoms with Crippen LogP contribution in [0, 0.1) is 16.0 Å². The molecule has 25 heavy (non-hydrogen) atoms. The van der Waals surface area contributed by atoms with E-state index in [9.17, 15) is 14.9 Å². The van der Waals surface area contributed by atoms with Crippen molar-refractivity contribution in [3.8, 4) is 5.75 Å². The lowest BCUT2D eigenvalue weighted by molar-refractivity contribution is -0.385. The normalized spacial score (nSPS) is 14.6. The number of halogens is 1. The van der Waals surface area contributed by atoms with Crippen LogP contribution in [0.1, 0.15) is 34.8 Å². The van der Waals surface area contributed by atoms with Gasteiger partial charge in [-0.05, 0) is 58.5 Å². The topological polar surface area (TPSA) is 81.5 Å². The van der Waals surface area contributed by atoms with Crippen LogP contribution in [0.3, 0.4) is 0 Å². The Morgan fingerprint density at radius 2 is 1.96 bits per heavy atom. The molecule has 1 aliphatic rings. The maximum atomic E-state index is 12.7. The first-order valence-electron chi connectivity index (χ1n) is 7.89. The fourth-order valence-electron chi connectivity index (χ4n) is 2.77. The molecule has 1 saturated carbocycles. The smallest absolute Gasteiger partial charge is 0.284 e. The van der Waals surface area contributed by atoms with Crippen molar-refractivity contribution in [2.75, 3.05) is 7.11 Å². The van der Waals surface area contributed by atoms with E-state index in [1.54, 1.807) is 13.2 Å². The van der Waals surface area contributed by atoms with Gasteiger partial charge in [0, 0.05) is 6.07 Å². The Balaban J connectivity index is 1.84. The zero-order valence-corrected chi connectivity index (χ0v) is 15.2. The highest BCUT2D eigenvalue weighted by atomic mass is 79.9. The van der Waals surface area contributed by atoms with E-state index in [-0.39, 0.29) is 27.7 Å². The van der Waals surface area contributed by atoms with E-state index >= 15 is 0 Å². The predicted octanol–water partition coefficient (Wildman–Crippen LogP) is 4.25. The summed E-state index contributed by atoms with van der Waals surface area (Å²) in [6, 6.07) is 11.9. The maximum Gasteiger partial charge on any atom is 0.284 e. The number of nitro groups is 1. The molecule has 1 amide bonds. The second-order valence-electron chi connectivity index (χ2n) is 5.96. The average Bonchev–Trinajstić information content (AvgIpc) is 3.44. The predicted molar refractivity (Wildman–Crippen MR) is 96.7 cm³/mol. The van der Waals surface area contributed by atoms with Gasteiger partial charge in [-0.3, -0.25) is 14.9 Å². The Morgan fingerprint density at radius 3 is 2.52 bits per heavy atom. The molecule has 1 unspecified atom stereocenters. The van der Waals surface area contributed by atoms with Gasteiger partial charge in [-0.1, -0.05) is 18.2 Å². The van der Waals surface area contributed by atoms with Crippen LogP contribution in [-0.4, -0.2) is 17.9 Å². The van der Waals surface area contributed by atoms with Gasteiger partial charge in [0.1, 0.15) is 10.2 Å². The third-order valence-corrected chi connectivity index (χ3v) is 5.11. The number of hydrogen-bond acceptors (Lipinski definition) is 4. The second kappa shape index (κ2) is 7.23. The minimum atomic E-state index is -0.511. The summed E-state index contributed by atoms with van der Waals surface area (Å²) in [7, 11) is 1.61. The second-order valence-corrected chi connectivity index (χ2v) is 6.75. The Labute approximate surface area is 153 Å². The molecule has 1 aliphatic carbocycles. The number of nitrogens with one attached hydrogen (secondary N) is 1. The van der Waals surface area contributed by atoms with Crippen LogP contribution in [-0.2, 0) is 0 Å². The number of amides is 1. The highest BCUT2D eigenvalue weighted by Gasteiger charge is 2.34.